The Morgan fingerprint density at radius 2 is 1.94 bits per heavy atom. The second-order valence-electron chi connectivity index (χ2n) is 8.54. The summed E-state index contributed by atoms with van der Waals surface area (Å²) in [6, 6.07) is 7.13. The molecule has 0 spiro atoms. The van der Waals surface area contributed by atoms with Crippen LogP contribution in [0.3, 0.4) is 0 Å². The zero-order chi connectivity index (χ0) is 24.1. The zero-order valence-corrected chi connectivity index (χ0v) is 18.9. The van der Waals surface area contributed by atoms with Crippen LogP contribution in [0.5, 0.6) is 0 Å². The van der Waals surface area contributed by atoms with E-state index in [4.69, 9.17) is 5.11 Å². The van der Waals surface area contributed by atoms with E-state index in [1.807, 2.05) is 25.3 Å². The van der Waals surface area contributed by atoms with Crippen molar-refractivity contribution in [3.05, 3.63) is 71.8 Å². The summed E-state index contributed by atoms with van der Waals surface area (Å²) in [7, 11) is 0. The van der Waals surface area contributed by atoms with E-state index < -0.39 is 5.97 Å². The molecule has 0 aromatic carbocycles. The number of aliphatic hydroxyl groups excluding tert-OH is 1. The number of aliphatic hydroxyl groups is 1. The molecule has 3 aromatic heterocycles. The normalized spacial score (nSPS) is 18.2. The molecule has 3 heterocycles. The van der Waals surface area contributed by atoms with Crippen molar-refractivity contribution in [3.63, 3.8) is 0 Å². The first kappa shape index (κ1) is 23.3. The topological polar surface area (TPSA) is 121 Å². The third-order valence-electron chi connectivity index (χ3n) is 5.87. The number of amides is 1. The minimum Gasteiger partial charge on any atom is -0.478 e. The summed E-state index contributed by atoms with van der Waals surface area (Å²) in [5.41, 5.74) is 2.49. The highest BCUT2D eigenvalue weighted by Crippen LogP contribution is 2.29. The molecule has 0 saturated heterocycles. The number of anilines is 1. The molecular weight excluding hydrogens is 434 g/mol. The van der Waals surface area contributed by atoms with Gasteiger partial charge in [-0.1, -0.05) is 6.07 Å². The van der Waals surface area contributed by atoms with Crippen molar-refractivity contribution in [1.29, 1.82) is 0 Å². The van der Waals surface area contributed by atoms with Gasteiger partial charge in [0.05, 0.1) is 18.8 Å². The van der Waals surface area contributed by atoms with Gasteiger partial charge in [-0.2, -0.15) is 5.10 Å². The summed E-state index contributed by atoms with van der Waals surface area (Å²) >= 11 is 0. The summed E-state index contributed by atoms with van der Waals surface area (Å²) in [4.78, 5) is 35.0. The number of aliphatic carboxylic acids is 1. The molecule has 3 aromatic rings. The van der Waals surface area contributed by atoms with Crippen LogP contribution in [0.15, 0.2) is 55.1 Å². The third kappa shape index (κ3) is 5.74. The number of aromatic nitrogens is 4. The molecule has 0 bridgehead atoms. The monoisotopic (exact) mass is 461 g/mol. The smallest absolute Gasteiger partial charge is 0.328 e. The fraction of sp³-hybridized carbons (Fsp3) is 0.320. The third-order valence-corrected chi connectivity index (χ3v) is 5.87. The van der Waals surface area contributed by atoms with Crippen molar-refractivity contribution in [1.82, 2.24) is 19.7 Å². The van der Waals surface area contributed by atoms with Crippen LogP contribution >= 0.6 is 0 Å². The number of hydrogen-bond donors (Lipinski definition) is 2. The lowest BCUT2D eigenvalue weighted by molar-refractivity contribution is -0.131. The van der Waals surface area contributed by atoms with Gasteiger partial charge in [0, 0.05) is 30.6 Å². The highest BCUT2D eigenvalue weighted by Gasteiger charge is 2.30. The van der Waals surface area contributed by atoms with Crippen molar-refractivity contribution >= 4 is 23.8 Å². The summed E-state index contributed by atoms with van der Waals surface area (Å²) in [6.45, 7) is 2.22. The van der Waals surface area contributed by atoms with Crippen molar-refractivity contribution in [2.75, 3.05) is 4.90 Å². The van der Waals surface area contributed by atoms with Gasteiger partial charge in [0.15, 0.2) is 5.82 Å². The van der Waals surface area contributed by atoms with Crippen LogP contribution in [0.25, 0.3) is 11.9 Å². The van der Waals surface area contributed by atoms with E-state index >= 15 is 0 Å². The quantitative estimate of drug-likeness (QED) is 0.518. The van der Waals surface area contributed by atoms with Gasteiger partial charge in [-0.3, -0.25) is 9.69 Å². The largest absolute Gasteiger partial charge is 0.478 e. The number of nitrogens with zero attached hydrogens (tertiary/aromatic N) is 5. The lowest BCUT2D eigenvalue weighted by Gasteiger charge is -2.30. The molecule has 0 unspecified atom stereocenters. The van der Waals surface area contributed by atoms with Crippen LogP contribution in [-0.2, 0) is 16.1 Å². The number of carbonyl (C=O) groups is 2. The molecule has 4 rings (SSSR count). The molecule has 1 saturated carbocycles. The van der Waals surface area contributed by atoms with Crippen LogP contribution in [-0.4, -0.2) is 47.9 Å². The van der Waals surface area contributed by atoms with Crippen LogP contribution in [0.2, 0.25) is 0 Å². The van der Waals surface area contributed by atoms with E-state index in [1.165, 1.54) is 6.08 Å². The Balaban J connectivity index is 1.60. The first-order valence-electron chi connectivity index (χ1n) is 11.2. The molecule has 9 nitrogen and oxygen atoms in total. The highest BCUT2D eigenvalue weighted by atomic mass is 16.4. The molecule has 1 aliphatic carbocycles. The van der Waals surface area contributed by atoms with Crippen LogP contribution < -0.4 is 4.90 Å². The standard InChI is InChI=1S/C25H27N5O4/c1-17-13-28-30(15-17)22-8-2-19(14-27-22)16-29(25(34)20-4-6-21(31)7-5-20)23-12-18(10-11-26-23)3-9-24(32)33/h2-3,8-15,20-21,31H,4-7,16H2,1H3,(H,32,33). The second-order valence-corrected chi connectivity index (χ2v) is 8.54. The first-order chi connectivity index (χ1) is 16.4. The van der Waals surface area contributed by atoms with Gasteiger partial charge in [0.2, 0.25) is 5.91 Å². The lowest BCUT2D eigenvalue weighted by atomic mass is 9.86. The van der Waals surface area contributed by atoms with E-state index in [2.05, 4.69) is 15.1 Å². The Morgan fingerprint density at radius 1 is 1.15 bits per heavy atom. The van der Waals surface area contributed by atoms with Crippen molar-refractivity contribution < 1.29 is 19.8 Å². The molecule has 176 valence electrons. The van der Waals surface area contributed by atoms with E-state index in [0.29, 0.717) is 42.9 Å². The van der Waals surface area contributed by atoms with E-state index in [9.17, 15) is 14.7 Å². The Labute approximate surface area is 197 Å². The average Bonchev–Trinajstić information content (AvgIpc) is 3.28. The summed E-state index contributed by atoms with van der Waals surface area (Å²) in [6.07, 6.45) is 11.5. The van der Waals surface area contributed by atoms with Gasteiger partial charge >= 0.3 is 5.97 Å². The number of rotatable bonds is 7. The number of carboxylic acids is 1. The van der Waals surface area contributed by atoms with E-state index in [-0.39, 0.29) is 24.5 Å². The number of aryl methyl sites for hydroxylation is 1. The van der Waals surface area contributed by atoms with Crippen LogP contribution in [0, 0.1) is 12.8 Å². The molecule has 1 aliphatic rings. The molecular formula is C25H27N5O4. The molecule has 34 heavy (non-hydrogen) atoms. The van der Waals surface area contributed by atoms with Crippen molar-refractivity contribution in [3.8, 4) is 5.82 Å². The van der Waals surface area contributed by atoms with E-state index in [0.717, 1.165) is 17.2 Å². The summed E-state index contributed by atoms with van der Waals surface area (Å²) in [5.74, 6) is -0.204. The molecule has 0 radical (unpaired) electrons. The number of carbonyl (C=O) groups excluding carboxylic acids is 1. The average molecular weight is 462 g/mol. The Hall–Kier alpha value is -3.85. The molecule has 0 atom stereocenters. The molecule has 9 heteroatoms. The van der Waals surface area contributed by atoms with Gasteiger partial charge in [-0.15, -0.1) is 0 Å². The fourth-order valence-electron chi connectivity index (χ4n) is 4.03. The van der Waals surface area contributed by atoms with Crippen molar-refractivity contribution in [2.24, 2.45) is 5.92 Å². The van der Waals surface area contributed by atoms with Gasteiger partial charge in [-0.05, 0) is 73.6 Å². The van der Waals surface area contributed by atoms with Gasteiger partial charge in [0.25, 0.3) is 0 Å². The van der Waals surface area contributed by atoms with Crippen LogP contribution in [0.1, 0.15) is 42.4 Å². The van der Waals surface area contributed by atoms with Gasteiger partial charge < -0.3 is 10.2 Å². The maximum absolute atomic E-state index is 13.5. The lowest BCUT2D eigenvalue weighted by Crippen LogP contribution is -2.38. The maximum Gasteiger partial charge on any atom is 0.328 e. The number of hydrogen-bond acceptors (Lipinski definition) is 6. The van der Waals surface area contributed by atoms with Gasteiger partial charge in [0.1, 0.15) is 5.82 Å². The van der Waals surface area contributed by atoms with E-state index in [1.54, 1.807) is 40.3 Å². The highest BCUT2D eigenvalue weighted by molar-refractivity contribution is 5.94. The van der Waals surface area contributed by atoms with Gasteiger partial charge in [-0.25, -0.2) is 19.4 Å². The molecule has 2 N–H and O–H groups in total. The Kier molecular flexibility index (Phi) is 7.12. The fourth-order valence-corrected chi connectivity index (χ4v) is 4.03. The SMILES string of the molecule is Cc1cnn(-c2ccc(CN(C(=O)C3CCC(O)CC3)c3cc(C=CC(=O)O)ccn3)cn2)c1. The minimum atomic E-state index is -1.05. The molecule has 0 aliphatic heterocycles. The van der Waals surface area contributed by atoms with Crippen LogP contribution in [0.4, 0.5) is 5.82 Å². The number of pyridine rings is 2. The predicted octanol–water partition coefficient (Wildman–Crippen LogP) is 3.15. The Bertz CT molecular complexity index is 1180. The number of carboxylic acid groups (broad SMARTS) is 1. The summed E-state index contributed by atoms with van der Waals surface area (Å²) < 4.78 is 1.69. The summed E-state index contributed by atoms with van der Waals surface area (Å²) in [5, 5.41) is 23.1. The first-order valence-corrected chi connectivity index (χ1v) is 11.2. The molecule has 1 amide bonds. The van der Waals surface area contributed by atoms with Crippen molar-refractivity contribution in [2.45, 2.75) is 45.3 Å². The predicted molar refractivity (Wildman–Crippen MR) is 126 cm³/mol. The zero-order valence-electron chi connectivity index (χ0n) is 18.9. The Morgan fingerprint density at radius 3 is 2.59 bits per heavy atom. The second kappa shape index (κ2) is 10.4. The maximum atomic E-state index is 13.5. The minimum absolute atomic E-state index is 0.0643. The molecule has 1 fully saturated rings.